The number of rotatable bonds is 4. The van der Waals surface area contributed by atoms with E-state index in [-0.39, 0.29) is 18.5 Å². The number of aryl methyl sites for hydroxylation is 4. The van der Waals surface area contributed by atoms with Crippen LogP contribution in [0.5, 0.6) is 0 Å². The molecule has 1 aliphatic rings. The van der Waals surface area contributed by atoms with E-state index in [0.29, 0.717) is 12.3 Å². The van der Waals surface area contributed by atoms with Crippen LogP contribution in [0.3, 0.4) is 0 Å². The van der Waals surface area contributed by atoms with Crippen molar-refractivity contribution >= 4 is 11.8 Å². The van der Waals surface area contributed by atoms with Crippen LogP contribution in [0.1, 0.15) is 41.4 Å². The lowest BCUT2D eigenvalue weighted by Crippen LogP contribution is -2.41. The monoisotopic (exact) mass is 344 g/mol. The highest BCUT2D eigenvalue weighted by Crippen LogP contribution is 2.21. The van der Waals surface area contributed by atoms with Crippen molar-refractivity contribution in [3.05, 3.63) is 34.6 Å². The molecular weight excluding hydrogens is 320 g/mol. The Morgan fingerprint density at radius 3 is 2.80 bits per heavy atom. The molecule has 25 heavy (non-hydrogen) atoms. The molecule has 0 aromatic carbocycles. The molecule has 7 nitrogen and oxygen atoms in total. The summed E-state index contributed by atoms with van der Waals surface area (Å²) in [7, 11) is 0. The van der Waals surface area contributed by atoms with Gasteiger partial charge in [-0.2, -0.15) is 0 Å². The molecule has 134 valence electrons. The molecule has 0 aliphatic carbocycles. The maximum atomic E-state index is 12.3. The highest BCUT2D eigenvalue weighted by Gasteiger charge is 2.25. The van der Waals surface area contributed by atoms with Crippen molar-refractivity contribution < 1.29 is 14.1 Å². The number of piperidine rings is 1. The van der Waals surface area contributed by atoms with Crippen molar-refractivity contribution in [2.24, 2.45) is 0 Å². The van der Waals surface area contributed by atoms with Gasteiger partial charge in [-0.15, -0.1) is 0 Å². The van der Waals surface area contributed by atoms with Crippen molar-refractivity contribution in [3.63, 3.8) is 0 Å². The lowest BCUT2D eigenvalue weighted by atomic mass is 10.1. The number of carbonyl (C=O) groups is 1. The first kappa shape index (κ1) is 17.4. The first-order valence-electron chi connectivity index (χ1n) is 8.61. The van der Waals surface area contributed by atoms with Crippen molar-refractivity contribution in [2.75, 3.05) is 18.0 Å². The number of ether oxygens (including phenoxy) is 1. The Labute approximate surface area is 147 Å². The van der Waals surface area contributed by atoms with E-state index < -0.39 is 0 Å². The van der Waals surface area contributed by atoms with Crippen LogP contribution in [-0.2, 0) is 16.0 Å². The van der Waals surface area contributed by atoms with Gasteiger partial charge in [0.25, 0.3) is 0 Å². The van der Waals surface area contributed by atoms with Gasteiger partial charge in [-0.05, 0) is 40.5 Å². The molecular formula is C18H24N4O3. The molecule has 7 heteroatoms. The van der Waals surface area contributed by atoms with Gasteiger partial charge in [-0.25, -0.2) is 9.97 Å². The number of hydrogen-bond acceptors (Lipinski definition) is 7. The zero-order valence-corrected chi connectivity index (χ0v) is 15.2. The lowest BCUT2D eigenvalue weighted by molar-refractivity contribution is -0.148. The Morgan fingerprint density at radius 1 is 1.32 bits per heavy atom. The summed E-state index contributed by atoms with van der Waals surface area (Å²) < 4.78 is 10.8. The summed E-state index contributed by atoms with van der Waals surface area (Å²) in [6.07, 6.45) is 1.90. The molecule has 1 atom stereocenters. The first-order chi connectivity index (χ1) is 11.9. The molecule has 3 rings (SSSR count). The van der Waals surface area contributed by atoms with E-state index in [1.54, 1.807) is 0 Å². The minimum Gasteiger partial charge on any atom is -0.460 e. The molecule has 0 saturated carbocycles. The fourth-order valence-corrected chi connectivity index (χ4v) is 3.23. The summed E-state index contributed by atoms with van der Waals surface area (Å²) in [6.45, 7) is 9.06. The average molecular weight is 344 g/mol. The minimum absolute atomic E-state index is 0.128. The van der Waals surface area contributed by atoms with Gasteiger partial charge in [0, 0.05) is 23.9 Å². The van der Waals surface area contributed by atoms with Crippen LogP contribution in [0, 0.1) is 27.7 Å². The Balaban J connectivity index is 1.62. The van der Waals surface area contributed by atoms with Crippen molar-refractivity contribution in [1.82, 2.24) is 15.1 Å². The predicted molar refractivity (Wildman–Crippen MR) is 92.5 cm³/mol. The quantitative estimate of drug-likeness (QED) is 0.788. The van der Waals surface area contributed by atoms with Gasteiger partial charge >= 0.3 is 5.97 Å². The number of hydrogen-bond donors (Lipinski definition) is 0. The normalized spacial score (nSPS) is 17.6. The number of nitrogens with zero attached hydrogens (tertiary/aromatic N) is 4. The number of esters is 1. The lowest BCUT2D eigenvalue weighted by Gasteiger charge is -2.33. The predicted octanol–water partition coefficient (Wildman–Crippen LogP) is 2.45. The van der Waals surface area contributed by atoms with Gasteiger partial charge in [-0.1, -0.05) is 5.16 Å². The second-order valence-corrected chi connectivity index (χ2v) is 6.59. The second-order valence-electron chi connectivity index (χ2n) is 6.59. The minimum atomic E-state index is -0.240. The smallest absolute Gasteiger partial charge is 0.310 e. The summed E-state index contributed by atoms with van der Waals surface area (Å²) in [5.74, 6) is 2.09. The Morgan fingerprint density at radius 2 is 2.12 bits per heavy atom. The molecule has 1 aliphatic heterocycles. The van der Waals surface area contributed by atoms with Crippen LogP contribution in [0.2, 0.25) is 0 Å². The van der Waals surface area contributed by atoms with E-state index in [1.807, 2.05) is 33.8 Å². The fraction of sp³-hybridized carbons (Fsp3) is 0.556. The third kappa shape index (κ3) is 4.15. The van der Waals surface area contributed by atoms with Gasteiger partial charge in [0.1, 0.15) is 23.5 Å². The molecule has 1 saturated heterocycles. The summed E-state index contributed by atoms with van der Waals surface area (Å²) in [5, 5.41) is 3.88. The van der Waals surface area contributed by atoms with Crippen LogP contribution < -0.4 is 4.90 Å². The Kier molecular flexibility index (Phi) is 5.01. The molecule has 2 aromatic heterocycles. The van der Waals surface area contributed by atoms with Gasteiger partial charge in [0.2, 0.25) is 0 Å². The van der Waals surface area contributed by atoms with Crippen LogP contribution in [0.15, 0.2) is 10.6 Å². The Hall–Kier alpha value is -2.44. The van der Waals surface area contributed by atoms with E-state index in [1.165, 1.54) is 0 Å². The first-order valence-corrected chi connectivity index (χ1v) is 8.61. The highest BCUT2D eigenvalue weighted by atomic mass is 16.5. The van der Waals surface area contributed by atoms with Gasteiger partial charge < -0.3 is 14.2 Å². The molecule has 0 bridgehead atoms. The van der Waals surface area contributed by atoms with Gasteiger partial charge in [-0.3, -0.25) is 4.79 Å². The van der Waals surface area contributed by atoms with Crippen molar-refractivity contribution in [3.8, 4) is 0 Å². The molecule has 2 aromatic rings. The SMILES string of the molecule is Cc1cc(N2CCC[C@H](OC(=O)Cc3c(C)noc3C)C2)nc(C)n1. The molecule has 3 heterocycles. The molecule has 0 unspecified atom stereocenters. The maximum Gasteiger partial charge on any atom is 0.310 e. The Bertz CT molecular complexity index is 732. The number of aromatic nitrogens is 3. The highest BCUT2D eigenvalue weighted by molar-refractivity contribution is 5.73. The third-order valence-electron chi connectivity index (χ3n) is 4.46. The van der Waals surface area contributed by atoms with Gasteiger partial charge in [0.15, 0.2) is 0 Å². The fourth-order valence-electron chi connectivity index (χ4n) is 3.23. The number of anilines is 1. The molecule has 1 fully saturated rings. The topological polar surface area (TPSA) is 81.4 Å². The maximum absolute atomic E-state index is 12.3. The van der Waals surface area contributed by atoms with E-state index in [9.17, 15) is 4.79 Å². The summed E-state index contributed by atoms with van der Waals surface area (Å²) in [4.78, 5) is 23.3. The van der Waals surface area contributed by atoms with Crippen molar-refractivity contribution in [2.45, 2.75) is 53.1 Å². The van der Waals surface area contributed by atoms with Crippen LogP contribution in [0.25, 0.3) is 0 Å². The van der Waals surface area contributed by atoms with Gasteiger partial charge in [0.05, 0.1) is 18.7 Å². The molecule has 0 amide bonds. The average Bonchev–Trinajstić information content (AvgIpc) is 2.86. The molecule has 0 N–H and O–H groups in total. The summed E-state index contributed by atoms with van der Waals surface area (Å²) in [5.41, 5.74) is 2.51. The largest absolute Gasteiger partial charge is 0.460 e. The zero-order valence-electron chi connectivity index (χ0n) is 15.2. The standard InChI is InChI=1S/C18H24N4O3/c1-11-8-17(20-14(4)19-11)22-7-5-6-15(10-22)24-18(23)9-16-12(2)21-25-13(16)3/h8,15H,5-7,9-10H2,1-4H3/t15-/m0/s1. The summed E-state index contributed by atoms with van der Waals surface area (Å²) >= 11 is 0. The summed E-state index contributed by atoms with van der Waals surface area (Å²) in [6, 6.07) is 1.97. The van der Waals surface area contributed by atoms with Crippen LogP contribution in [0.4, 0.5) is 5.82 Å². The molecule has 0 radical (unpaired) electrons. The second kappa shape index (κ2) is 7.21. The molecule has 0 spiro atoms. The van der Waals surface area contributed by atoms with E-state index in [0.717, 1.165) is 48.0 Å². The third-order valence-corrected chi connectivity index (χ3v) is 4.46. The van der Waals surface area contributed by atoms with Crippen molar-refractivity contribution in [1.29, 1.82) is 0 Å². The van der Waals surface area contributed by atoms with Crippen LogP contribution in [-0.4, -0.2) is 40.3 Å². The number of carbonyl (C=O) groups excluding carboxylic acids is 1. The van der Waals surface area contributed by atoms with E-state index >= 15 is 0 Å². The van der Waals surface area contributed by atoms with E-state index in [2.05, 4.69) is 20.0 Å². The van der Waals surface area contributed by atoms with E-state index in [4.69, 9.17) is 9.26 Å². The zero-order chi connectivity index (χ0) is 18.0. The van der Waals surface area contributed by atoms with Crippen LogP contribution >= 0.6 is 0 Å².